The molecule has 0 aliphatic heterocycles. The first kappa shape index (κ1) is 17.5. The minimum Gasteiger partial charge on any atom is -0.494 e. The molecule has 5 heteroatoms. The molecule has 0 unspecified atom stereocenters. The fourth-order valence-electron chi connectivity index (χ4n) is 2.89. The summed E-state index contributed by atoms with van der Waals surface area (Å²) in [5, 5.41) is 0. The van der Waals surface area contributed by atoms with Gasteiger partial charge in [-0.25, -0.2) is 0 Å². The molecule has 1 nitrogen and oxygen atoms in total. The van der Waals surface area contributed by atoms with Crippen LogP contribution in [0.25, 0.3) is 0 Å². The van der Waals surface area contributed by atoms with Crippen LogP contribution in [0.1, 0.15) is 50.5 Å². The molecule has 0 atom stereocenters. The van der Waals surface area contributed by atoms with Gasteiger partial charge < -0.3 is 4.74 Å². The molecule has 0 saturated heterocycles. The molecule has 1 aliphatic rings. The first-order valence-electron chi connectivity index (χ1n) is 7.73. The highest BCUT2D eigenvalue weighted by molar-refractivity contribution is 7.64. The monoisotopic (exact) mass is 364 g/mol. The molecule has 0 aromatic heterocycles. The summed E-state index contributed by atoms with van der Waals surface area (Å²) < 4.78 is 5.71. The standard InChI is InChI=1S/C16H23Cl3OSi/c1-13-3-5-14(6-4-13)15-7-9-16(10-8-15)20-11-2-12-21(17,18)19/h7-10,13-14H,2-6,11-12H2,1H3/t13-,14-. The summed E-state index contributed by atoms with van der Waals surface area (Å²) in [6.45, 7) is 2.97. The fraction of sp³-hybridized carbons (Fsp3) is 0.625. The zero-order valence-corrected chi connectivity index (χ0v) is 15.7. The third kappa shape index (κ3) is 6.39. The Kier molecular flexibility index (Phi) is 6.73. The number of ether oxygens (including phenoxy) is 1. The third-order valence-electron chi connectivity index (χ3n) is 4.24. The molecular formula is C16H23Cl3OSi. The third-order valence-corrected chi connectivity index (χ3v) is 6.86. The summed E-state index contributed by atoms with van der Waals surface area (Å²) in [7, 11) is 0. The lowest BCUT2D eigenvalue weighted by molar-refractivity contribution is 0.316. The maximum absolute atomic E-state index is 5.85. The highest BCUT2D eigenvalue weighted by Gasteiger charge is 2.24. The Morgan fingerprint density at radius 1 is 1.05 bits per heavy atom. The van der Waals surface area contributed by atoms with Crippen molar-refractivity contribution in [3.63, 3.8) is 0 Å². The van der Waals surface area contributed by atoms with Gasteiger partial charge in [0, 0.05) is 0 Å². The number of benzene rings is 1. The van der Waals surface area contributed by atoms with Crippen LogP contribution in [0.2, 0.25) is 6.04 Å². The Morgan fingerprint density at radius 3 is 2.24 bits per heavy atom. The second-order valence-electron chi connectivity index (χ2n) is 6.09. The van der Waals surface area contributed by atoms with Gasteiger partial charge >= 0.3 is 6.00 Å². The van der Waals surface area contributed by atoms with E-state index in [2.05, 4.69) is 31.2 Å². The lowest BCUT2D eigenvalue weighted by atomic mass is 9.79. The topological polar surface area (TPSA) is 9.23 Å². The Labute approximate surface area is 143 Å². The van der Waals surface area contributed by atoms with E-state index < -0.39 is 6.00 Å². The Hall–Kier alpha value is 0.107. The van der Waals surface area contributed by atoms with Gasteiger partial charge in [-0.1, -0.05) is 31.9 Å². The zero-order valence-electron chi connectivity index (χ0n) is 12.5. The summed E-state index contributed by atoms with van der Waals surface area (Å²) in [4.78, 5) is 0. The molecule has 1 saturated carbocycles. The van der Waals surface area contributed by atoms with Crippen molar-refractivity contribution in [2.75, 3.05) is 6.61 Å². The first-order chi connectivity index (χ1) is 9.94. The van der Waals surface area contributed by atoms with Crippen LogP contribution < -0.4 is 4.74 Å². The number of hydrogen-bond acceptors (Lipinski definition) is 1. The van der Waals surface area contributed by atoms with Crippen molar-refractivity contribution in [1.82, 2.24) is 0 Å². The summed E-state index contributed by atoms with van der Waals surface area (Å²) >= 11 is 17.5. The van der Waals surface area contributed by atoms with E-state index >= 15 is 0 Å². The molecule has 0 radical (unpaired) electrons. The lowest BCUT2D eigenvalue weighted by Gasteiger charge is -2.26. The van der Waals surface area contributed by atoms with Gasteiger partial charge in [-0.15, -0.1) is 33.2 Å². The molecule has 0 amide bonds. The molecule has 0 heterocycles. The minimum atomic E-state index is -2.50. The van der Waals surface area contributed by atoms with Crippen molar-refractivity contribution in [1.29, 1.82) is 0 Å². The SMILES string of the molecule is C[C@H]1CC[C@H](c2ccc(OCCC[Si](Cl)(Cl)Cl)cc2)CC1. The summed E-state index contributed by atoms with van der Waals surface area (Å²) in [5.41, 5.74) is 1.45. The quantitative estimate of drug-likeness (QED) is 0.322. The second kappa shape index (κ2) is 8.10. The summed E-state index contributed by atoms with van der Waals surface area (Å²) in [6.07, 6.45) is 6.13. The lowest BCUT2D eigenvalue weighted by Crippen LogP contribution is -2.11. The van der Waals surface area contributed by atoms with Crippen molar-refractivity contribution in [3.05, 3.63) is 29.8 Å². The average Bonchev–Trinajstić information content (AvgIpc) is 2.44. The van der Waals surface area contributed by atoms with Gasteiger partial charge in [0.25, 0.3) is 0 Å². The van der Waals surface area contributed by atoms with Crippen LogP contribution in [0.4, 0.5) is 0 Å². The molecule has 1 aromatic rings. The van der Waals surface area contributed by atoms with E-state index in [9.17, 15) is 0 Å². The second-order valence-corrected chi connectivity index (χ2v) is 15.4. The summed E-state index contributed by atoms with van der Waals surface area (Å²) in [5.74, 6) is 2.53. The molecule has 21 heavy (non-hydrogen) atoms. The molecule has 0 bridgehead atoms. The molecule has 1 aliphatic carbocycles. The zero-order chi connectivity index (χ0) is 15.3. The van der Waals surface area contributed by atoms with E-state index in [0.29, 0.717) is 12.7 Å². The molecular weight excluding hydrogens is 343 g/mol. The first-order valence-corrected chi connectivity index (χ1v) is 13.0. The normalized spacial score (nSPS) is 23.0. The van der Waals surface area contributed by atoms with Crippen molar-refractivity contribution in [2.24, 2.45) is 5.92 Å². The smallest absolute Gasteiger partial charge is 0.341 e. The number of hydrogen-bond donors (Lipinski definition) is 0. The van der Waals surface area contributed by atoms with Gasteiger partial charge in [-0.05, 0) is 54.8 Å². The predicted molar refractivity (Wildman–Crippen MR) is 95.0 cm³/mol. The largest absolute Gasteiger partial charge is 0.494 e. The number of halogens is 3. The maximum atomic E-state index is 5.85. The molecule has 1 fully saturated rings. The van der Waals surface area contributed by atoms with Gasteiger partial charge in [0.05, 0.1) is 6.61 Å². The minimum absolute atomic E-state index is 0.612. The van der Waals surface area contributed by atoms with Gasteiger partial charge in [0.2, 0.25) is 0 Å². The van der Waals surface area contributed by atoms with Crippen LogP contribution in [-0.2, 0) is 0 Å². The van der Waals surface area contributed by atoms with Gasteiger partial charge in [-0.2, -0.15) is 0 Å². The molecule has 0 N–H and O–H groups in total. The highest BCUT2D eigenvalue weighted by atomic mass is 35.8. The average molecular weight is 366 g/mol. The van der Waals surface area contributed by atoms with Crippen LogP contribution in [0.3, 0.4) is 0 Å². The van der Waals surface area contributed by atoms with Gasteiger partial charge in [0.1, 0.15) is 5.75 Å². The van der Waals surface area contributed by atoms with Crippen LogP contribution >= 0.6 is 33.2 Å². The summed E-state index contributed by atoms with van der Waals surface area (Å²) in [6, 6.07) is 6.71. The van der Waals surface area contributed by atoms with E-state index in [4.69, 9.17) is 38.0 Å². The van der Waals surface area contributed by atoms with E-state index in [-0.39, 0.29) is 0 Å². The van der Waals surface area contributed by atoms with E-state index in [0.717, 1.165) is 24.0 Å². The van der Waals surface area contributed by atoms with Crippen LogP contribution in [0.5, 0.6) is 5.75 Å². The van der Waals surface area contributed by atoms with Gasteiger partial charge in [-0.3, -0.25) is 0 Å². The fourth-order valence-corrected chi connectivity index (χ4v) is 4.64. The van der Waals surface area contributed by atoms with Crippen LogP contribution in [0, 0.1) is 5.92 Å². The van der Waals surface area contributed by atoms with Crippen LogP contribution in [-0.4, -0.2) is 12.6 Å². The predicted octanol–water partition coefficient (Wildman–Crippen LogP) is 6.40. The molecule has 0 spiro atoms. The molecule has 118 valence electrons. The van der Waals surface area contributed by atoms with Crippen molar-refractivity contribution < 1.29 is 4.74 Å². The Balaban J connectivity index is 1.77. The Morgan fingerprint density at radius 2 is 1.67 bits per heavy atom. The highest BCUT2D eigenvalue weighted by Crippen LogP contribution is 2.36. The molecule has 1 aromatic carbocycles. The molecule has 2 rings (SSSR count). The van der Waals surface area contributed by atoms with Crippen molar-refractivity contribution in [2.45, 2.75) is 51.0 Å². The van der Waals surface area contributed by atoms with Gasteiger partial charge in [0.15, 0.2) is 0 Å². The van der Waals surface area contributed by atoms with Crippen molar-refractivity contribution >= 4 is 39.2 Å². The van der Waals surface area contributed by atoms with E-state index in [1.165, 1.54) is 31.2 Å². The van der Waals surface area contributed by atoms with E-state index in [1.54, 1.807) is 0 Å². The van der Waals surface area contributed by atoms with Crippen LogP contribution in [0.15, 0.2) is 24.3 Å². The van der Waals surface area contributed by atoms with E-state index in [1.807, 2.05) is 0 Å². The number of rotatable bonds is 6. The maximum Gasteiger partial charge on any atom is 0.341 e. The Bertz CT molecular complexity index is 422. The van der Waals surface area contributed by atoms with Crippen molar-refractivity contribution in [3.8, 4) is 5.75 Å².